The molecule has 1 aliphatic heterocycles. The summed E-state index contributed by atoms with van der Waals surface area (Å²) in [7, 11) is 0. The lowest BCUT2D eigenvalue weighted by Gasteiger charge is -2.12. The van der Waals surface area contributed by atoms with Crippen molar-refractivity contribution in [2.24, 2.45) is 0 Å². The maximum atomic E-state index is 12.4. The number of hydrogen-bond donors (Lipinski definition) is 3. The standard InChI is InChI=1S/C14H17F3N2O3/c15-14(16,17)9-1-3-11(4-2-9)22-6-5-18-13(21)12-7-10(20)8-19-12/h1-4,10,12,19-20H,5-8H2,(H,18,21)/t10-,12-/m1/s1. The molecule has 122 valence electrons. The fourth-order valence-electron chi connectivity index (χ4n) is 2.12. The number of amides is 1. The van der Waals surface area contributed by atoms with Crippen molar-refractivity contribution in [1.82, 2.24) is 10.6 Å². The smallest absolute Gasteiger partial charge is 0.416 e. The summed E-state index contributed by atoms with van der Waals surface area (Å²) in [5, 5.41) is 14.8. The number of carbonyl (C=O) groups excluding carboxylic acids is 1. The Hall–Kier alpha value is -1.80. The molecule has 22 heavy (non-hydrogen) atoms. The first-order valence-corrected chi connectivity index (χ1v) is 6.85. The number of nitrogens with one attached hydrogen (secondary N) is 2. The Balaban J connectivity index is 1.69. The van der Waals surface area contributed by atoms with E-state index >= 15 is 0 Å². The van der Waals surface area contributed by atoms with Crippen molar-refractivity contribution >= 4 is 5.91 Å². The van der Waals surface area contributed by atoms with Gasteiger partial charge in [-0.1, -0.05) is 0 Å². The first-order chi connectivity index (χ1) is 10.4. The van der Waals surface area contributed by atoms with Crippen molar-refractivity contribution < 1.29 is 27.8 Å². The van der Waals surface area contributed by atoms with E-state index in [2.05, 4.69) is 10.6 Å². The van der Waals surface area contributed by atoms with Crippen LogP contribution >= 0.6 is 0 Å². The van der Waals surface area contributed by atoms with Crippen LogP contribution in [0.4, 0.5) is 13.2 Å². The predicted molar refractivity (Wildman–Crippen MR) is 72.4 cm³/mol. The van der Waals surface area contributed by atoms with Gasteiger partial charge in [-0.15, -0.1) is 0 Å². The Bertz CT molecular complexity index is 505. The van der Waals surface area contributed by atoms with Crippen molar-refractivity contribution in [3.63, 3.8) is 0 Å². The number of benzene rings is 1. The van der Waals surface area contributed by atoms with Crippen LogP contribution in [0, 0.1) is 0 Å². The second kappa shape index (κ2) is 6.97. The number of alkyl halides is 3. The lowest BCUT2D eigenvalue weighted by atomic mass is 10.2. The first-order valence-electron chi connectivity index (χ1n) is 6.85. The number of aliphatic hydroxyl groups excluding tert-OH is 1. The zero-order chi connectivity index (χ0) is 16.2. The van der Waals surface area contributed by atoms with E-state index in [9.17, 15) is 23.1 Å². The molecule has 0 bridgehead atoms. The summed E-state index contributed by atoms with van der Waals surface area (Å²) >= 11 is 0. The van der Waals surface area contributed by atoms with Crippen LogP contribution in [0.25, 0.3) is 0 Å². The molecule has 1 fully saturated rings. The highest BCUT2D eigenvalue weighted by atomic mass is 19.4. The van der Waals surface area contributed by atoms with E-state index in [0.29, 0.717) is 18.7 Å². The third-order valence-corrected chi connectivity index (χ3v) is 3.28. The topological polar surface area (TPSA) is 70.6 Å². The van der Waals surface area contributed by atoms with E-state index in [4.69, 9.17) is 4.74 Å². The molecule has 0 aliphatic carbocycles. The van der Waals surface area contributed by atoms with Gasteiger partial charge in [0, 0.05) is 6.54 Å². The Kier molecular flexibility index (Phi) is 5.25. The van der Waals surface area contributed by atoms with Gasteiger partial charge in [-0.25, -0.2) is 0 Å². The van der Waals surface area contributed by atoms with Crippen LogP contribution < -0.4 is 15.4 Å². The molecule has 0 aromatic heterocycles. The lowest BCUT2D eigenvalue weighted by molar-refractivity contribution is -0.137. The van der Waals surface area contributed by atoms with E-state index in [-0.39, 0.29) is 19.1 Å². The molecule has 1 aromatic rings. The number of aliphatic hydroxyl groups is 1. The van der Waals surface area contributed by atoms with E-state index in [0.717, 1.165) is 12.1 Å². The summed E-state index contributed by atoms with van der Waals surface area (Å²) in [4.78, 5) is 11.7. The van der Waals surface area contributed by atoms with Gasteiger partial charge in [0.2, 0.25) is 5.91 Å². The Morgan fingerprint density at radius 1 is 1.36 bits per heavy atom. The normalized spacial score (nSPS) is 21.6. The maximum Gasteiger partial charge on any atom is 0.416 e. The molecular weight excluding hydrogens is 301 g/mol. The van der Waals surface area contributed by atoms with Gasteiger partial charge in [0.15, 0.2) is 0 Å². The van der Waals surface area contributed by atoms with Crippen LogP contribution in [0.15, 0.2) is 24.3 Å². The lowest BCUT2D eigenvalue weighted by Crippen LogP contribution is -2.41. The number of carbonyl (C=O) groups is 1. The molecule has 1 aliphatic rings. The summed E-state index contributed by atoms with van der Waals surface area (Å²) < 4.78 is 42.4. The minimum absolute atomic E-state index is 0.145. The zero-order valence-electron chi connectivity index (χ0n) is 11.7. The molecule has 1 heterocycles. The van der Waals surface area contributed by atoms with Gasteiger partial charge < -0.3 is 20.5 Å². The summed E-state index contributed by atoms with van der Waals surface area (Å²) in [6.45, 7) is 0.765. The third-order valence-electron chi connectivity index (χ3n) is 3.28. The van der Waals surface area contributed by atoms with Crippen molar-refractivity contribution in [3.8, 4) is 5.75 Å². The fourth-order valence-corrected chi connectivity index (χ4v) is 2.12. The van der Waals surface area contributed by atoms with Gasteiger partial charge in [-0.3, -0.25) is 4.79 Å². The highest BCUT2D eigenvalue weighted by Gasteiger charge is 2.30. The van der Waals surface area contributed by atoms with Crippen molar-refractivity contribution in [2.45, 2.75) is 24.7 Å². The number of ether oxygens (including phenoxy) is 1. The van der Waals surface area contributed by atoms with Gasteiger partial charge in [0.1, 0.15) is 12.4 Å². The van der Waals surface area contributed by atoms with Crippen molar-refractivity contribution in [2.75, 3.05) is 19.7 Å². The van der Waals surface area contributed by atoms with Gasteiger partial charge in [0.25, 0.3) is 0 Å². The number of rotatable bonds is 5. The van der Waals surface area contributed by atoms with Crippen LogP contribution in [0.3, 0.4) is 0 Å². The van der Waals surface area contributed by atoms with Crippen LogP contribution in [-0.4, -0.2) is 42.9 Å². The molecule has 2 rings (SSSR count). The molecule has 8 heteroatoms. The molecule has 0 spiro atoms. The highest BCUT2D eigenvalue weighted by Crippen LogP contribution is 2.30. The van der Waals surface area contributed by atoms with E-state index in [1.165, 1.54) is 12.1 Å². The molecule has 1 aromatic carbocycles. The second-order valence-electron chi connectivity index (χ2n) is 5.01. The van der Waals surface area contributed by atoms with Crippen LogP contribution in [0.2, 0.25) is 0 Å². The van der Waals surface area contributed by atoms with Gasteiger partial charge in [-0.05, 0) is 30.7 Å². The molecule has 5 nitrogen and oxygen atoms in total. The Labute approximate surface area is 125 Å². The first kappa shape index (κ1) is 16.6. The summed E-state index contributed by atoms with van der Waals surface area (Å²) in [5.74, 6) is 0.0734. The SMILES string of the molecule is O=C(NCCOc1ccc(C(F)(F)F)cc1)[C@H]1C[C@@H](O)CN1. The highest BCUT2D eigenvalue weighted by molar-refractivity contribution is 5.82. The van der Waals surface area contributed by atoms with Crippen LogP contribution in [-0.2, 0) is 11.0 Å². The average Bonchev–Trinajstić information content (AvgIpc) is 2.89. The average molecular weight is 318 g/mol. The van der Waals surface area contributed by atoms with E-state index < -0.39 is 23.9 Å². The molecular formula is C14H17F3N2O3. The van der Waals surface area contributed by atoms with Gasteiger partial charge in [0.05, 0.1) is 24.3 Å². The number of β-amino-alcohol motifs (C(OH)–C–C–N with tert-alkyl or cyclic N) is 1. The molecule has 1 saturated heterocycles. The van der Waals surface area contributed by atoms with Crippen molar-refractivity contribution in [3.05, 3.63) is 29.8 Å². The minimum Gasteiger partial charge on any atom is -0.492 e. The quantitative estimate of drug-likeness (QED) is 0.706. The largest absolute Gasteiger partial charge is 0.492 e. The summed E-state index contributed by atoms with van der Waals surface area (Å²) in [5.41, 5.74) is -0.737. The van der Waals surface area contributed by atoms with Crippen molar-refractivity contribution in [1.29, 1.82) is 0 Å². The van der Waals surface area contributed by atoms with Gasteiger partial charge >= 0.3 is 6.18 Å². The van der Waals surface area contributed by atoms with E-state index in [1.54, 1.807) is 0 Å². The van der Waals surface area contributed by atoms with Crippen LogP contribution in [0.5, 0.6) is 5.75 Å². The molecule has 1 amide bonds. The van der Waals surface area contributed by atoms with E-state index in [1.807, 2.05) is 0 Å². The Morgan fingerprint density at radius 2 is 2.05 bits per heavy atom. The van der Waals surface area contributed by atoms with Crippen LogP contribution in [0.1, 0.15) is 12.0 Å². The summed E-state index contributed by atoms with van der Waals surface area (Å²) in [6, 6.07) is 3.94. The summed E-state index contributed by atoms with van der Waals surface area (Å²) in [6.07, 6.45) is -4.52. The zero-order valence-corrected chi connectivity index (χ0v) is 11.7. The minimum atomic E-state index is -4.37. The fraction of sp³-hybridized carbons (Fsp3) is 0.500. The second-order valence-corrected chi connectivity index (χ2v) is 5.01. The monoisotopic (exact) mass is 318 g/mol. The van der Waals surface area contributed by atoms with Gasteiger partial charge in [-0.2, -0.15) is 13.2 Å². The third kappa shape index (κ3) is 4.60. The molecule has 3 N–H and O–H groups in total. The molecule has 2 atom stereocenters. The molecule has 0 saturated carbocycles. The number of hydrogen-bond acceptors (Lipinski definition) is 4. The maximum absolute atomic E-state index is 12.4. The Morgan fingerprint density at radius 3 is 2.59 bits per heavy atom. The molecule has 0 radical (unpaired) electrons. The molecule has 0 unspecified atom stereocenters. The number of halogens is 3. The predicted octanol–water partition coefficient (Wildman–Crippen LogP) is 0.923.